The Morgan fingerprint density at radius 3 is 2.59 bits per heavy atom. The number of aromatic nitrogens is 2. The van der Waals surface area contributed by atoms with Gasteiger partial charge in [-0.15, -0.1) is 0 Å². The van der Waals surface area contributed by atoms with Crippen LogP contribution in [0.5, 0.6) is 5.75 Å². The SMILES string of the molecule is CC(C)c1nc2ccc(Br)cc2c(=O)n1N=Cc1ccccc1OCc1ccc([N+](=O)[O-])cc1. The van der Waals surface area contributed by atoms with Crippen LogP contribution >= 0.6 is 15.9 Å². The predicted octanol–water partition coefficient (Wildman–Crippen LogP) is 5.65. The number of para-hydroxylation sites is 1. The first-order valence-electron chi connectivity index (χ1n) is 10.5. The van der Waals surface area contributed by atoms with Gasteiger partial charge in [0, 0.05) is 28.1 Å². The molecule has 0 saturated heterocycles. The number of ether oxygens (including phenoxy) is 1. The fourth-order valence-electron chi connectivity index (χ4n) is 3.36. The van der Waals surface area contributed by atoms with Gasteiger partial charge in [-0.25, -0.2) is 4.98 Å². The summed E-state index contributed by atoms with van der Waals surface area (Å²) in [5.41, 5.74) is 1.87. The fourth-order valence-corrected chi connectivity index (χ4v) is 3.73. The van der Waals surface area contributed by atoms with Crippen LogP contribution in [0.15, 0.2) is 81.1 Å². The van der Waals surface area contributed by atoms with Crippen molar-refractivity contribution < 1.29 is 9.66 Å². The summed E-state index contributed by atoms with van der Waals surface area (Å²) in [5, 5.41) is 15.8. The van der Waals surface area contributed by atoms with Crippen LogP contribution in [0.3, 0.4) is 0 Å². The van der Waals surface area contributed by atoms with Crippen molar-refractivity contribution in [3.05, 3.63) is 109 Å². The van der Waals surface area contributed by atoms with Crippen LogP contribution in [0.1, 0.15) is 36.7 Å². The molecule has 0 N–H and O–H groups in total. The molecule has 0 aliphatic heterocycles. The second-order valence-corrected chi connectivity index (χ2v) is 8.81. The lowest BCUT2D eigenvalue weighted by atomic mass is 10.2. The van der Waals surface area contributed by atoms with Crippen LogP contribution in [0.2, 0.25) is 0 Å². The number of nitro benzene ring substituents is 1. The van der Waals surface area contributed by atoms with Crippen molar-refractivity contribution in [2.45, 2.75) is 26.4 Å². The molecule has 0 aliphatic rings. The van der Waals surface area contributed by atoms with E-state index in [-0.39, 0.29) is 23.8 Å². The molecular formula is C25H21BrN4O4. The van der Waals surface area contributed by atoms with E-state index in [1.807, 2.05) is 44.2 Å². The summed E-state index contributed by atoms with van der Waals surface area (Å²) in [7, 11) is 0. The lowest BCUT2D eigenvalue weighted by molar-refractivity contribution is -0.384. The number of hydrogen-bond acceptors (Lipinski definition) is 6. The Hall–Kier alpha value is -3.85. The molecular weight excluding hydrogens is 500 g/mol. The maximum atomic E-state index is 13.2. The maximum Gasteiger partial charge on any atom is 0.282 e. The van der Waals surface area contributed by atoms with E-state index in [4.69, 9.17) is 4.74 Å². The first-order chi connectivity index (χ1) is 16.3. The summed E-state index contributed by atoms with van der Waals surface area (Å²) in [5.74, 6) is 1.10. The monoisotopic (exact) mass is 520 g/mol. The Bertz CT molecular complexity index is 1450. The second kappa shape index (κ2) is 9.96. The number of benzene rings is 3. The largest absolute Gasteiger partial charge is 0.488 e. The summed E-state index contributed by atoms with van der Waals surface area (Å²) in [6.07, 6.45) is 1.57. The molecule has 8 nitrogen and oxygen atoms in total. The van der Waals surface area contributed by atoms with Gasteiger partial charge in [0.05, 0.1) is 22.0 Å². The third-order valence-corrected chi connectivity index (χ3v) is 5.62. The Morgan fingerprint density at radius 2 is 1.88 bits per heavy atom. The van der Waals surface area contributed by atoms with Crippen LogP contribution in [-0.2, 0) is 6.61 Å². The zero-order chi connectivity index (χ0) is 24.2. The zero-order valence-electron chi connectivity index (χ0n) is 18.5. The molecule has 0 unspecified atom stereocenters. The van der Waals surface area contributed by atoms with Gasteiger partial charge in [-0.1, -0.05) is 41.9 Å². The molecule has 172 valence electrons. The Balaban J connectivity index is 1.65. The van der Waals surface area contributed by atoms with E-state index in [9.17, 15) is 14.9 Å². The number of nitro groups is 1. The van der Waals surface area contributed by atoms with E-state index in [1.54, 1.807) is 30.5 Å². The van der Waals surface area contributed by atoms with Crippen molar-refractivity contribution in [3.8, 4) is 5.75 Å². The summed E-state index contributed by atoms with van der Waals surface area (Å²) >= 11 is 3.41. The highest BCUT2D eigenvalue weighted by atomic mass is 79.9. The predicted molar refractivity (Wildman–Crippen MR) is 135 cm³/mol. The number of hydrogen-bond donors (Lipinski definition) is 0. The Morgan fingerprint density at radius 1 is 1.15 bits per heavy atom. The summed E-state index contributed by atoms with van der Waals surface area (Å²) in [6, 6.07) is 18.9. The van der Waals surface area contributed by atoms with Crippen LogP contribution in [-0.4, -0.2) is 20.8 Å². The van der Waals surface area contributed by atoms with E-state index in [1.165, 1.54) is 16.8 Å². The van der Waals surface area contributed by atoms with Crippen molar-refractivity contribution in [3.63, 3.8) is 0 Å². The van der Waals surface area contributed by atoms with E-state index in [0.717, 1.165) is 10.0 Å². The minimum atomic E-state index is -0.440. The number of nitrogens with zero attached hydrogens (tertiary/aromatic N) is 4. The molecule has 4 rings (SSSR count). The van der Waals surface area contributed by atoms with Crippen molar-refractivity contribution in [1.29, 1.82) is 0 Å². The molecule has 9 heteroatoms. The highest BCUT2D eigenvalue weighted by Crippen LogP contribution is 2.21. The summed E-state index contributed by atoms with van der Waals surface area (Å²) in [4.78, 5) is 28.3. The molecule has 4 aromatic rings. The summed E-state index contributed by atoms with van der Waals surface area (Å²) in [6.45, 7) is 4.14. The van der Waals surface area contributed by atoms with Gasteiger partial charge in [0.1, 0.15) is 18.2 Å². The van der Waals surface area contributed by atoms with Gasteiger partial charge in [0.2, 0.25) is 0 Å². The lowest BCUT2D eigenvalue weighted by Crippen LogP contribution is -2.23. The molecule has 3 aromatic carbocycles. The van der Waals surface area contributed by atoms with Gasteiger partial charge in [-0.05, 0) is 48.0 Å². The van der Waals surface area contributed by atoms with Gasteiger partial charge in [0.25, 0.3) is 11.2 Å². The normalized spacial score (nSPS) is 11.4. The van der Waals surface area contributed by atoms with Crippen LogP contribution in [0.4, 0.5) is 5.69 Å². The van der Waals surface area contributed by atoms with E-state index < -0.39 is 4.92 Å². The molecule has 1 aromatic heterocycles. The number of halogens is 1. The van der Waals surface area contributed by atoms with Gasteiger partial charge in [0.15, 0.2) is 0 Å². The van der Waals surface area contributed by atoms with Gasteiger partial charge < -0.3 is 4.74 Å². The second-order valence-electron chi connectivity index (χ2n) is 7.90. The minimum absolute atomic E-state index is 0.0217. The van der Waals surface area contributed by atoms with Crippen molar-refractivity contribution in [2.24, 2.45) is 5.10 Å². The topological polar surface area (TPSA) is 99.6 Å². The first kappa shape index (κ1) is 23.3. The molecule has 34 heavy (non-hydrogen) atoms. The molecule has 0 aliphatic carbocycles. The fraction of sp³-hybridized carbons (Fsp3) is 0.160. The Labute approximate surface area is 203 Å². The molecule has 0 bridgehead atoms. The van der Waals surface area contributed by atoms with Gasteiger partial charge >= 0.3 is 0 Å². The molecule has 0 fully saturated rings. The molecule has 0 radical (unpaired) electrons. The standard InChI is InChI=1S/C25H21BrN4O4/c1-16(2)24-28-22-12-9-19(26)13-21(22)25(31)29(24)27-14-18-5-3-4-6-23(18)34-15-17-7-10-20(11-8-17)30(32)33/h3-14,16H,15H2,1-2H3. The number of non-ortho nitro benzene ring substituents is 1. The van der Waals surface area contributed by atoms with Gasteiger partial charge in [-0.2, -0.15) is 9.78 Å². The smallest absolute Gasteiger partial charge is 0.282 e. The third kappa shape index (κ3) is 5.04. The number of rotatable bonds is 7. The quantitative estimate of drug-likeness (QED) is 0.178. The summed E-state index contributed by atoms with van der Waals surface area (Å²) < 4.78 is 8.05. The van der Waals surface area contributed by atoms with Gasteiger partial charge in [-0.3, -0.25) is 14.9 Å². The maximum absolute atomic E-state index is 13.2. The lowest BCUT2D eigenvalue weighted by Gasteiger charge is -2.12. The molecule has 1 heterocycles. The average molecular weight is 521 g/mol. The van der Waals surface area contributed by atoms with Crippen LogP contribution in [0, 0.1) is 10.1 Å². The van der Waals surface area contributed by atoms with Crippen LogP contribution < -0.4 is 10.3 Å². The Kier molecular flexibility index (Phi) is 6.83. The van der Waals surface area contributed by atoms with Crippen molar-refractivity contribution in [2.75, 3.05) is 0 Å². The van der Waals surface area contributed by atoms with Crippen LogP contribution in [0.25, 0.3) is 10.9 Å². The first-order valence-corrected chi connectivity index (χ1v) is 11.3. The molecule has 0 amide bonds. The van der Waals surface area contributed by atoms with Crippen molar-refractivity contribution in [1.82, 2.24) is 9.66 Å². The van der Waals surface area contributed by atoms with E-state index in [2.05, 4.69) is 26.0 Å². The molecule has 0 saturated carbocycles. The zero-order valence-corrected chi connectivity index (χ0v) is 20.1. The highest BCUT2D eigenvalue weighted by molar-refractivity contribution is 9.10. The van der Waals surface area contributed by atoms with E-state index in [0.29, 0.717) is 28.0 Å². The molecule has 0 spiro atoms. The minimum Gasteiger partial charge on any atom is -0.488 e. The molecule has 0 atom stereocenters. The highest BCUT2D eigenvalue weighted by Gasteiger charge is 2.14. The number of fused-ring (bicyclic) bond motifs is 1. The van der Waals surface area contributed by atoms with Crippen molar-refractivity contribution >= 4 is 38.7 Å². The van der Waals surface area contributed by atoms with E-state index >= 15 is 0 Å². The average Bonchev–Trinajstić information content (AvgIpc) is 2.83. The third-order valence-electron chi connectivity index (χ3n) is 5.12.